The molecule has 3 nitrogen and oxygen atoms in total. The van der Waals surface area contributed by atoms with Crippen LogP contribution in [0.5, 0.6) is 5.75 Å². The number of furan rings is 1. The summed E-state index contributed by atoms with van der Waals surface area (Å²) in [6.45, 7) is 9.19. The Morgan fingerprint density at radius 3 is 2.42 bits per heavy atom. The molecule has 1 aliphatic heterocycles. The molecule has 2 heterocycles. The molecule has 26 heavy (non-hydrogen) atoms. The molecule has 0 spiro atoms. The number of aldehydes is 1. The predicted octanol–water partition coefficient (Wildman–Crippen LogP) is 5.73. The molecule has 0 aliphatic carbocycles. The van der Waals surface area contributed by atoms with Crippen LogP contribution >= 0.6 is 0 Å². The van der Waals surface area contributed by atoms with Gasteiger partial charge in [0.1, 0.15) is 11.3 Å². The van der Waals surface area contributed by atoms with Crippen molar-refractivity contribution in [3.05, 3.63) is 64.9 Å². The minimum absolute atomic E-state index is 0.0870. The topological polar surface area (TPSA) is 39.4 Å². The summed E-state index contributed by atoms with van der Waals surface area (Å²) in [7, 11) is 0. The van der Waals surface area contributed by atoms with Crippen LogP contribution < -0.4 is 4.74 Å². The molecule has 0 saturated carbocycles. The van der Waals surface area contributed by atoms with E-state index < -0.39 is 0 Å². The number of benzene rings is 2. The van der Waals surface area contributed by atoms with Crippen molar-refractivity contribution in [1.82, 2.24) is 0 Å². The van der Waals surface area contributed by atoms with Crippen LogP contribution in [-0.2, 0) is 18.3 Å². The fraction of sp³-hybridized carbons (Fsp3) is 0.348. The highest BCUT2D eigenvalue weighted by atomic mass is 16.5. The van der Waals surface area contributed by atoms with Crippen molar-refractivity contribution in [2.75, 3.05) is 6.61 Å². The second kappa shape index (κ2) is 7.36. The standard InChI is InChI=1S/C21H20O3.C2H6/c1-21(2)13-23-19-8-6-14(9-18(19)21)3-4-15-5-7-16-11-17(12-22)24-20(16)10-15;1-2/h5-12H,3-4,13H2,1-2H3;1-2H3. The molecule has 1 aromatic heterocycles. The Kier molecular flexibility index (Phi) is 5.17. The number of aryl methyl sites for hydroxylation is 2. The molecule has 0 bridgehead atoms. The lowest BCUT2D eigenvalue weighted by molar-refractivity contribution is 0.110. The summed E-state index contributed by atoms with van der Waals surface area (Å²) in [5, 5.41) is 0.970. The fourth-order valence-electron chi connectivity index (χ4n) is 3.32. The normalized spacial score (nSPS) is 14.3. The van der Waals surface area contributed by atoms with Crippen molar-refractivity contribution in [3.63, 3.8) is 0 Å². The Morgan fingerprint density at radius 1 is 1.00 bits per heavy atom. The summed E-state index contributed by atoms with van der Waals surface area (Å²) < 4.78 is 11.3. The second-order valence-electron chi connectivity index (χ2n) is 7.14. The van der Waals surface area contributed by atoms with Crippen molar-refractivity contribution in [2.45, 2.75) is 46.0 Å². The molecule has 1 aliphatic rings. The molecule has 3 heteroatoms. The molecular formula is C23H26O3. The van der Waals surface area contributed by atoms with Gasteiger partial charge in [0.15, 0.2) is 12.0 Å². The first-order valence-electron chi connectivity index (χ1n) is 9.29. The number of carbonyl (C=O) groups excluding carboxylic acids is 1. The second-order valence-corrected chi connectivity index (χ2v) is 7.14. The Hall–Kier alpha value is -2.55. The van der Waals surface area contributed by atoms with Crippen LogP contribution in [0.3, 0.4) is 0 Å². The molecule has 0 fully saturated rings. The van der Waals surface area contributed by atoms with Crippen molar-refractivity contribution < 1.29 is 13.9 Å². The highest BCUT2D eigenvalue weighted by Crippen LogP contribution is 2.38. The Balaban J connectivity index is 0.000000948. The van der Waals surface area contributed by atoms with Crippen molar-refractivity contribution in [1.29, 1.82) is 0 Å². The average Bonchev–Trinajstić information content (AvgIpc) is 3.21. The summed E-state index contributed by atoms with van der Waals surface area (Å²) in [5.41, 5.74) is 4.70. The van der Waals surface area contributed by atoms with Crippen molar-refractivity contribution in [2.24, 2.45) is 0 Å². The number of rotatable bonds is 4. The molecule has 4 rings (SSSR count). The minimum Gasteiger partial charge on any atom is -0.492 e. The maximum atomic E-state index is 10.8. The van der Waals surface area contributed by atoms with E-state index in [-0.39, 0.29) is 5.41 Å². The molecule has 0 radical (unpaired) electrons. The highest BCUT2D eigenvalue weighted by molar-refractivity contribution is 5.85. The highest BCUT2D eigenvalue weighted by Gasteiger charge is 2.31. The van der Waals surface area contributed by atoms with Gasteiger partial charge >= 0.3 is 0 Å². The lowest BCUT2D eigenvalue weighted by Crippen LogP contribution is -2.18. The maximum absolute atomic E-state index is 10.8. The summed E-state index contributed by atoms with van der Waals surface area (Å²) in [6.07, 6.45) is 2.65. The van der Waals surface area contributed by atoms with Crippen LogP contribution in [0.4, 0.5) is 0 Å². The summed E-state index contributed by atoms with van der Waals surface area (Å²) in [6, 6.07) is 14.4. The van der Waals surface area contributed by atoms with Gasteiger partial charge in [0, 0.05) is 16.4 Å². The van der Waals surface area contributed by atoms with Gasteiger partial charge in [-0.1, -0.05) is 52.0 Å². The fourth-order valence-corrected chi connectivity index (χ4v) is 3.32. The van der Waals surface area contributed by atoms with E-state index in [0.29, 0.717) is 5.76 Å². The van der Waals surface area contributed by atoms with Gasteiger partial charge in [-0.3, -0.25) is 4.79 Å². The van der Waals surface area contributed by atoms with Crippen LogP contribution in [0.1, 0.15) is 54.9 Å². The van der Waals surface area contributed by atoms with E-state index in [0.717, 1.165) is 42.5 Å². The molecule has 2 aromatic carbocycles. The SMILES string of the molecule is CC.CC1(C)COc2ccc(CCc3ccc4cc(C=O)oc4c3)cc21. The van der Waals surface area contributed by atoms with Crippen molar-refractivity contribution in [3.8, 4) is 5.75 Å². The molecule has 0 amide bonds. The molecule has 0 N–H and O–H groups in total. The number of fused-ring (bicyclic) bond motifs is 2. The van der Waals surface area contributed by atoms with Crippen LogP contribution in [-0.4, -0.2) is 12.9 Å². The van der Waals surface area contributed by atoms with E-state index in [9.17, 15) is 4.79 Å². The maximum Gasteiger partial charge on any atom is 0.185 e. The first-order valence-corrected chi connectivity index (χ1v) is 9.29. The number of carbonyl (C=O) groups is 1. The zero-order valence-electron chi connectivity index (χ0n) is 16.0. The van der Waals surface area contributed by atoms with Crippen LogP contribution in [0, 0.1) is 0 Å². The monoisotopic (exact) mass is 350 g/mol. The lowest BCUT2D eigenvalue weighted by atomic mass is 9.85. The quantitative estimate of drug-likeness (QED) is 0.564. The molecule has 0 atom stereocenters. The van der Waals surface area contributed by atoms with Crippen LogP contribution in [0.25, 0.3) is 11.0 Å². The third-order valence-corrected chi connectivity index (χ3v) is 4.78. The van der Waals surface area contributed by atoms with E-state index in [4.69, 9.17) is 9.15 Å². The van der Waals surface area contributed by atoms with Gasteiger partial charge in [0.2, 0.25) is 0 Å². The third kappa shape index (κ3) is 3.52. The van der Waals surface area contributed by atoms with Crippen LogP contribution in [0.15, 0.2) is 46.9 Å². The van der Waals surface area contributed by atoms with Gasteiger partial charge in [-0.2, -0.15) is 0 Å². The van der Waals surface area contributed by atoms with E-state index in [1.54, 1.807) is 6.07 Å². The molecule has 0 unspecified atom stereocenters. The number of hydrogen-bond acceptors (Lipinski definition) is 3. The zero-order chi connectivity index (χ0) is 18.7. The summed E-state index contributed by atoms with van der Waals surface area (Å²) in [5.74, 6) is 1.39. The van der Waals surface area contributed by atoms with E-state index in [1.165, 1.54) is 16.7 Å². The molecule has 3 aromatic rings. The van der Waals surface area contributed by atoms with Gasteiger partial charge in [-0.05, 0) is 42.2 Å². The predicted molar refractivity (Wildman–Crippen MR) is 105 cm³/mol. The van der Waals surface area contributed by atoms with Gasteiger partial charge in [-0.15, -0.1) is 0 Å². The first-order chi connectivity index (χ1) is 12.5. The van der Waals surface area contributed by atoms with Crippen molar-refractivity contribution >= 4 is 17.3 Å². The summed E-state index contributed by atoms with van der Waals surface area (Å²) in [4.78, 5) is 10.8. The number of ether oxygens (including phenoxy) is 1. The van der Waals surface area contributed by atoms with E-state index in [2.05, 4.69) is 38.1 Å². The Morgan fingerprint density at radius 2 is 1.69 bits per heavy atom. The summed E-state index contributed by atoms with van der Waals surface area (Å²) >= 11 is 0. The minimum atomic E-state index is 0.0870. The Labute approximate surface area is 155 Å². The van der Waals surface area contributed by atoms with Gasteiger partial charge < -0.3 is 9.15 Å². The van der Waals surface area contributed by atoms with Gasteiger partial charge in [-0.25, -0.2) is 0 Å². The first kappa shape index (κ1) is 18.2. The third-order valence-electron chi connectivity index (χ3n) is 4.78. The molecular weight excluding hydrogens is 324 g/mol. The smallest absolute Gasteiger partial charge is 0.185 e. The molecule has 0 saturated heterocycles. The lowest BCUT2D eigenvalue weighted by Gasteiger charge is -2.15. The van der Waals surface area contributed by atoms with Gasteiger partial charge in [0.25, 0.3) is 0 Å². The molecule has 136 valence electrons. The average molecular weight is 350 g/mol. The van der Waals surface area contributed by atoms with E-state index >= 15 is 0 Å². The van der Waals surface area contributed by atoms with E-state index in [1.807, 2.05) is 26.0 Å². The number of hydrogen-bond donors (Lipinski definition) is 0. The van der Waals surface area contributed by atoms with Crippen LogP contribution in [0.2, 0.25) is 0 Å². The van der Waals surface area contributed by atoms with Gasteiger partial charge in [0.05, 0.1) is 6.61 Å². The largest absolute Gasteiger partial charge is 0.492 e. The zero-order valence-corrected chi connectivity index (χ0v) is 16.0. The Bertz CT molecular complexity index is 918.